The maximum atomic E-state index is 12.7. The van der Waals surface area contributed by atoms with Gasteiger partial charge in [-0.05, 0) is 31.1 Å². The minimum absolute atomic E-state index is 0.0539. The van der Waals surface area contributed by atoms with Crippen molar-refractivity contribution >= 4 is 40.1 Å². The molecule has 2 aliphatic carbocycles. The Hall–Kier alpha value is -2.40. The predicted octanol–water partition coefficient (Wildman–Crippen LogP) is -0.0910. The molecule has 0 unspecified atom stereocenters. The van der Waals surface area contributed by atoms with Gasteiger partial charge in [0.05, 0.1) is 31.5 Å². The molecule has 2 aliphatic heterocycles. The summed E-state index contributed by atoms with van der Waals surface area (Å²) in [6, 6.07) is 0. The van der Waals surface area contributed by atoms with E-state index in [1.807, 2.05) is 0 Å². The van der Waals surface area contributed by atoms with Gasteiger partial charge < -0.3 is 9.64 Å². The molecule has 10 nitrogen and oxygen atoms in total. The molecular weight excluding hydrogens is 410 g/mol. The molecule has 30 heavy (non-hydrogen) atoms. The number of carbonyl (C=O) groups excluding carboxylic acids is 4. The van der Waals surface area contributed by atoms with Crippen molar-refractivity contribution < 1.29 is 23.9 Å². The van der Waals surface area contributed by atoms with Gasteiger partial charge in [0.2, 0.25) is 28.8 Å². The van der Waals surface area contributed by atoms with Crippen LogP contribution >= 0.6 is 11.3 Å². The fourth-order valence-corrected chi connectivity index (χ4v) is 6.11. The average molecular weight is 433 g/mol. The standard InChI is InChI=1S/C19H23N5O5S/c25-12(9-24-17(27)15-10-1-2-11(7-10)16(15)18(24)28)20-19-22-21-13(30-19)8-14(26)23-3-5-29-6-4-23/h10-11,15-16H,1-9H2,(H,20,22,25)/t10-,11-,15-,16+/m0/s1. The highest BCUT2D eigenvalue weighted by Crippen LogP contribution is 2.56. The van der Waals surface area contributed by atoms with Crippen molar-refractivity contribution in [2.45, 2.75) is 25.7 Å². The molecule has 2 bridgehead atoms. The summed E-state index contributed by atoms with van der Waals surface area (Å²) in [5.74, 6) is -0.832. The molecule has 0 radical (unpaired) electrons. The van der Waals surface area contributed by atoms with Gasteiger partial charge in [0.15, 0.2) is 0 Å². The molecule has 2 saturated heterocycles. The second-order valence-corrected chi connectivity index (χ2v) is 9.43. The molecule has 160 valence electrons. The van der Waals surface area contributed by atoms with E-state index in [0.29, 0.717) is 43.1 Å². The normalized spacial score (nSPS) is 30.1. The van der Waals surface area contributed by atoms with E-state index in [4.69, 9.17) is 4.74 Å². The first-order valence-electron chi connectivity index (χ1n) is 10.3. The van der Waals surface area contributed by atoms with Crippen molar-refractivity contribution in [1.82, 2.24) is 20.0 Å². The minimum atomic E-state index is -0.480. The van der Waals surface area contributed by atoms with Gasteiger partial charge in [-0.15, -0.1) is 10.2 Å². The van der Waals surface area contributed by atoms with Crippen molar-refractivity contribution in [1.29, 1.82) is 0 Å². The van der Waals surface area contributed by atoms with Crippen molar-refractivity contribution in [2.75, 3.05) is 38.2 Å². The van der Waals surface area contributed by atoms with E-state index in [2.05, 4.69) is 15.5 Å². The highest BCUT2D eigenvalue weighted by molar-refractivity contribution is 7.15. The average Bonchev–Trinajstić information content (AvgIpc) is 3.51. The lowest BCUT2D eigenvalue weighted by Gasteiger charge is -2.26. The Morgan fingerprint density at radius 2 is 1.73 bits per heavy atom. The summed E-state index contributed by atoms with van der Waals surface area (Å²) in [4.78, 5) is 53.0. The molecule has 1 aromatic heterocycles. The summed E-state index contributed by atoms with van der Waals surface area (Å²) in [6.45, 7) is 1.87. The van der Waals surface area contributed by atoms with Gasteiger partial charge in [-0.25, -0.2) is 0 Å². The first-order chi connectivity index (χ1) is 14.5. The molecule has 4 fully saturated rings. The maximum Gasteiger partial charge on any atom is 0.246 e. The zero-order chi connectivity index (χ0) is 20.8. The number of imide groups is 1. The number of ether oxygens (including phenoxy) is 1. The number of rotatable bonds is 5. The number of nitrogens with one attached hydrogen (secondary N) is 1. The maximum absolute atomic E-state index is 12.7. The molecule has 11 heteroatoms. The molecule has 4 amide bonds. The summed E-state index contributed by atoms with van der Waals surface area (Å²) in [5, 5.41) is 11.2. The van der Waals surface area contributed by atoms with Gasteiger partial charge in [0, 0.05) is 13.1 Å². The van der Waals surface area contributed by atoms with Crippen LogP contribution in [-0.4, -0.2) is 76.5 Å². The van der Waals surface area contributed by atoms with E-state index in [9.17, 15) is 19.2 Å². The highest BCUT2D eigenvalue weighted by atomic mass is 32.1. The number of nitrogens with zero attached hydrogens (tertiary/aromatic N) is 4. The Morgan fingerprint density at radius 3 is 2.40 bits per heavy atom. The molecule has 4 aliphatic rings. The second kappa shape index (κ2) is 7.69. The lowest BCUT2D eigenvalue weighted by atomic mass is 9.81. The quantitative estimate of drug-likeness (QED) is 0.644. The van der Waals surface area contributed by atoms with Gasteiger partial charge in [0.25, 0.3) is 0 Å². The Labute approximate surface area is 176 Å². The van der Waals surface area contributed by atoms with E-state index in [-0.39, 0.29) is 47.7 Å². The molecule has 3 heterocycles. The van der Waals surface area contributed by atoms with Crippen LogP contribution in [0.2, 0.25) is 0 Å². The van der Waals surface area contributed by atoms with Gasteiger partial charge in [-0.2, -0.15) is 0 Å². The first kappa shape index (κ1) is 19.6. The molecule has 0 spiro atoms. The summed E-state index contributed by atoms with van der Waals surface area (Å²) in [7, 11) is 0. The number of anilines is 1. The van der Waals surface area contributed by atoms with Crippen LogP contribution in [0.5, 0.6) is 0 Å². The lowest BCUT2D eigenvalue weighted by molar-refractivity contribution is -0.143. The van der Waals surface area contributed by atoms with Crippen LogP contribution in [-0.2, 0) is 30.3 Å². The van der Waals surface area contributed by atoms with E-state index in [1.54, 1.807) is 4.90 Å². The Balaban J connectivity index is 1.16. The molecule has 5 rings (SSSR count). The largest absolute Gasteiger partial charge is 0.378 e. The number of carbonyl (C=O) groups is 4. The molecule has 1 aromatic rings. The number of amides is 4. The highest BCUT2D eigenvalue weighted by Gasteiger charge is 2.60. The predicted molar refractivity (Wildman–Crippen MR) is 104 cm³/mol. The first-order valence-corrected chi connectivity index (χ1v) is 11.2. The van der Waals surface area contributed by atoms with Gasteiger partial charge in [0.1, 0.15) is 11.6 Å². The third-order valence-electron chi connectivity index (χ3n) is 6.70. The van der Waals surface area contributed by atoms with Crippen LogP contribution < -0.4 is 5.32 Å². The van der Waals surface area contributed by atoms with Crippen molar-refractivity contribution in [3.05, 3.63) is 5.01 Å². The van der Waals surface area contributed by atoms with Crippen LogP contribution in [0.1, 0.15) is 24.3 Å². The summed E-state index contributed by atoms with van der Waals surface area (Å²) < 4.78 is 5.24. The molecular formula is C19H23N5O5S. The van der Waals surface area contributed by atoms with E-state index >= 15 is 0 Å². The van der Waals surface area contributed by atoms with Crippen LogP contribution in [0, 0.1) is 23.7 Å². The zero-order valence-corrected chi connectivity index (χ0v) is 17.2. The topological polar surface area (TPSA) is 122 Å². The lowest BCUT2D eigenvalue weighted by Crippen LogP contribution is -2.41. The monoisotopic (exact) mass is 433 g/mol. The van der Waals surface area contributed by atoms with Crippen LogP contribution in [0.15, 0.2) is 0 Å². The Morgan fingerprint density at radius 1 is 1.07 bits per heavy atom. The van der Waals surface area contributed by atoms with Gasteiger partial charge >= 0.3 is 0 Å². The Kier molecular flexibility index (Phi) is 5.02. The zero-order valence-electron chi connectivity index (χ0n) is 16.4. The number of likely N-dealkylation sites (tertiary alicyclic amines) is 1. The Bertz CT molecular complexity index is 870. The summed E-state index contributed by atoms with van der Waals surface area (Å²) >= 11 is 1.12. The fourth-order valence-electron chi connectivity index (χ4n) is 5.36. The minimum Gasteiger partial charge on any atom is -0.378 e. The molecule has 2 saturated carbocycles. The van der Waals surface area contributed by atoms with Crippen LogP contribution in [0.4, 0.5) is 5.13 Å². The van der Waals surface area contributed by atoms with Crippen molar-refractivity contribution in [2.24, 2.45) is 23.7 Å². The van der Waals surface area contributed by atoms with Gasteiger partial charge in [-0.3, -0.25) is 29.4 Å². The number of hydrogen-bond acceptors (Lipinski definition) is 8. The van der Waals surface area contributed by atoms with Crippen molar-refractivity contribution in [3.63, 3.8) is 0 Å². The molecule has 0 aromatic carbocycles. The fraction of sp³-hybridized carbons (Fsp3) is 0.684. The van der Waals surface area contributed by atoms with Crippen LogP contribution in [0.3, 0.4) is 0 Å². The van der Waals surface area contributed by atoms with E-state index < -0.39 is 5.91 Å². The smallest absolute Gasteiger partial charge is 0.246 e. The second-order valence-electron chi connectivity index (χ2n) is 8.37. The summed E-state index contributed by atoms with van der Waals surface area (Å²) in [6.07, 6.45) is 3.08. The third-order valence-corrected chi connectivity index (χ3v) is 7.54. The third kappa shape index (κ3) is 3.39. The van der Waals surface area contributed by atoms with E-state index in [1.165, 1.54) is 0 Å². The van der Waals surface area contributed by atoms with Crippen LogP contribution in [0.25, 0.3) is 0 Å². The molecule has 4 atom stereocenters. The SMILES string of the molecule is O=C(CN1C(=O)[C@@H]2[C@H]3CC[C@@H](C3)[C@@H]2C1=O)Nc1nnc(CC(=O)N2CCOCC2)s1. The number of fused-ring (bicyclic) bond motifs is 5. The number of aromatic nitrogens is 2. The van der Waals surface area contributed by atoms with Crippen molar-refractivity contribution in [3.8, 4) is 0 Å². The van der Waals surface area contributed by atoms with Gasteiger partial charge in [-0.1, -0.05) is 11.3 Å². The summed E-state index contributed by atoms with van der Waals surface area (Å²) in [5.41, 5.74) is 0. The molecule has 1 N–H and O–H groups in total. The number of hydrogen-bond donors (Lipinski definition) is 1. The number of morpholine rings is 1. The van der Waals surface area contributed by atoms with E-state index in [0.717, 1.165) is 35.5 Å².